The predicted octanol–water partition coefficient (Wildman–Crippen LogP) is 1.47. The molecule has 0 radical (unpaired) electrons. The lowest BCUT2D eigenvalue weighted by Gasteiger charge is -2.08. The maximum absolute atomic E-state index is 11.2. The normalized spacial score (nSPS) is 9.57. The van der Waals surface area contributed by atoms with Crippen LogP contribution in [0.3, 0.4) is 0 Å². The van der Waals surface area contributed by atoms with Crippen LogP contribution < -0.4 is 10.6 Å². The van der Waals surface area contributed by atoms with E-state index in [1.165, 1.54) is 18.3 Å². The molecule has 74 valence electrons. The summed E-state index contributed by atoms with van der Waals surface area (Å²) in [5.41, 5.74) is 6.39. The molecular weight excluding hydrogens is 198 g/mol. The molecule has 0 spiro atoms. The first kappa shape index (κ1) is 10.5. The Kier molecular flexibility index (Phi) is 2.77. The third-order valence-electron chi connectivity index (χ3n) is 1.76. The summed E-state index contributed by atoms with van der Waals surface area (Å²) < 4.78 is 0. The minimum atomic E-state index is -0.0999. The number of rotatable bonds is 2. The van der Waals surface area contributed by atoms with Crippen molar-refractivity contribution in [1.82, 2.24) is 0 Å². The maximum Gasteiger partial charge on any atom is 0.171 e. The fraction of sp³-hybridized carbons (Fsp3) is 0.333. The first-order chi connectivity index (χ1) is 6.49. The lowest BCUT2D eigenvalue weighted by Crippen LogP contribution is -2.08. The predicted molar refractivity (Wildman–Crippen MR) is 57.8 cm³/mol. The molecular formula is C9H11N3OS. The second-order valence-corrected chi connectivity index (χ2v) is 4.09. The Morgan fingerprint density at radius 3 is 2.43 bits per heavy atom. The van der Waals surface area contributed by atoms with Crippen LogP contribution in [0.4, 0.5) is 10.7 Å². The summed E-state index contributed by atoms with van der Waals surface area (Å²) in [6, 6.07) is 2.01. The van der Waals surface area contributed by atoms with Crippen molar-refractivity contribution >= 4 is 27.8 Å². The van der Waals surface area contributed by atoms with Crippen LogP contribution in [0, 0.1) is 11.3 Å². The van der Waals surface area contributed by atoms with Gasteiger partial charge in [-0.15, -0.1) is 11.3 Å². The number of carbonyl (C=O) groups excluding carboxylic acids is 1. The molecule has 2 N–H and O–H groups in total. The van der Waals surface area contributed by atoms with Crippen LogP contribution >= 0.6 is 11.3 Å². The SMILES string of the molecule is CC(=O)c1sc(N(C)C)c(C#N)c1N. The van der Waals surface area contributed by atoms with Crippen molar-refractivity contribution in [3.05, 3.63) is 10.4 Å². The minimum absolute atomic E-state index is 0.0999. The third kappa shape index (κ3) is 1.56. The third-order valence-corrected chi connectivity index (χ3v) is 3.24. The van der Waals surface area contributed by atoms with Gasteiger partial charge in [0.25, 0.3) is 0 Å². The fourth-order valence-corrected chi connectivity index (χ4v) is 2.11. The van der Waals surface area contributed by atoms with Gasteiger partial charge in [-0.1, -0.05) is 0 Å². The number of nitrogens with two attached hydrogens (primary N) is 1. The van der Waals surface area contributed by atoms with Gasteiger partial charge < -0.3 is 10.6 Å². The molecule has 14 heavy (non-hydrogen) atoms. The van der Waals surface area contributed by atoms with Crippen LogP contribution in [-0.2, 0) is 0 Å². The van der Waals surface area contributed by atoms with E-state index in [-0.39, 0.29) is 5.78 Å². The van der Waals surface area contributed by atoms with Crippen LogP contribution in [0.1, 0.15) is 22.2 Å². The van der Waals surface area contributed by atoms with Crippen LogP contribution in [0.5, 0.6) is 0 Å². The Bertz CT molecular complexity index is 414. The zero-order valence-corrected chi connectivity index (χ0v) is 9.10. The van der Waals surface area contributed by atoms with Crippen LogP contribution in [0.2, 0.25) is 0 Å². The Labute approximate surface area is 86.6 Å². The first-order valence-corrected chi connectivity index (χ1v) is 4.81. The highest BCUT2D eigenvalue weighted by molar-refractivity contribution is 7.19. The van der Waals surface area contributed by atoms with Gasteiger partial charge in [0.15, 0.2) is 5.78 Å². The molecule has 0 aliphatic rings. The van der Waals surface area contributed by atoms with E-state index >= 15 is 0 Å². The molecule has 0 saturated carbocycles. The van der Waals surface area contributed by atoms with Gasteiger partial charge in [-0.3, -0.25) is 4.79 Å². The van der Waals surface area contributed by atoms with E-state index in [1.807, 2.05) is 20.2 Å². The molecule has 4 nitrogen and oxygen atoms in total. The molecule has 1 rings (SSSR count). The summed E-state index contributed by atoms with van der Waals surface area (Å²) in [5, 5.41) is 9.61. The zero-order valence-electron chi connectivity index (χ0n) is 8.29. The Hall–Kier alpha value is -1.54. The van der Waals surface area contributed by atoms with Gasteiger partial charge in [-0.25, -0.2) is 0 Å². The molecule has 0 saturated heterocycles. The zero-order chi connectivity index (χ0) is 10.9. The van der Waals surface area contributed by atoms with Crippen molar-refractivity contribution in [2.24, 2.45) is 0 Å². The van der Waals surface area contributed by atoms with Crippen molar-refractivity contribution in [3.63, 3.8) is 0 Å². The van der Waals surface area contributed by atoms with Crippen molar-refractivity contribution in [2.75, 3.05) is 24.7 Å². The second kappa shape index (κ2) is 3.68. The molecule has 0 aromatic carbocycles. The number of anilines is 2. The van der Waals surface area contributed by atoms with E-state index < -0.39 is 0 Å². The molecule has 1 aromatic heterocycles. The highest BCUT2D eigenvalue weighted by atomic mass is 32.1. The first-order valence-electron chi connectivity index (χ1n) is 3.99. The van der Waals surface area contributed by atoms with Crippen molar-refractivity contribution in [3.8, 4) is 6.07 Å². The average Bonchev–Trinajstić information content (AvgIpc) is 2.42. The highest BCUT2D eigenvalue weighted by Gasteiger charge is 2.19. The number of Topliss-reactive ketones (excluding diaryl/α,β-unsaturated/α-hetero) is 1. The van der Waals surface area contributed by atoms with Gasteiger partial charge in [0.2, 0.25) is 0 Å². The molecule has 0 aliphatic carbocycles. The maximum atomic E-state index is 11.2. The van der Waals surface area contributed by atoms with Gasteiger partial charge in [0, 0.05) is 21.0 Å². The monoisotopic (exact) mass is 209 g/mol. The van der Waals surface area contributed by atoms with E-state index in [4.69, 9.17) is 11.0 Å². The molecule has 0 bridgehead atoms. The van der Waals surface area contributed by atoms with Crippen LogP contribution in [0.25, 0.3) is 0 Å². The van der Waals surface area contributed by atoms with Gasteiger partial charge >= 0.3 is 0 Å². The summed E-state index contributed by atoms with van der Waals surface area (Å²) >= 11 is 1.26. The van der Waals surface area contributed by atoms with Gasteiger partial charge in [-0.2, -0.15) is 5.26 Å². The van der Waals surface area contributed by atoms with E-state index in [2.05, 4.69) is 0 Å². The van der Waals surface area contributed by atoms with Crippen LogP contribution in [-0.4, -0.2) is 19.9 Å². The largest absolute Gasteiger partial charge is 0.396 e. The summed E-state index contributed by atoms with van der Waals surface area (Å²) in [7, 11) is 3.63. The smallest absolute Gasteiger partial charge is 0.171 e. The lowest BCUT2D eigenvalue weighted by atomic mass is 10.2. The molecule has 0 fully saturated rings. The molecule has 5 heteroatoms. The topological polar surface area (TPSA) is 70.1 Å². The molecule has 0 aliphatic heterocycles. The summed E-state index contributed by atoms with van der Waals surface area (Å²) in [6.07, 6.45) is 0. The molecule has 1 heterocycles. The molecule has 0 atom stereocenters. The number of hydrogen-bond donors (Lipinski definition) is 1. The molecule has 0 amide bonds. The van der Waals surface area contributed by atoms with E-state index in [9.17, 15) is 4.79 Å². The van der Waals surface area contributed by atoms with Gasteiger partial charge in [-0.05, 0) is 0 Å². The molecule has 1 aromatic rings. The van der Waals surface area contributed by atoms with Gasteiger partial charge in [0.1, 0.15) is 16.6 Å². The van der Waals surface area contributed by atoms with E-state index in [1.54, 1.807) is 4.90 Å². The Morgan fingerprint density at radius 1 is 1.57 bits per heavy atom. The quantitative estimate of drug-likeness (QED) is 0.749. The van der Waals surface area contributed by atoms with Crippen molar-refractivity contribution in [1.29, 1.82) is 5.26 Å². The Balaban J connectivity index is 3.41. The number of nitrogens with zero attached hydrogens (tertiary/aromatic N) is 2. The van der Waals surface area contributed by atoms with Crippen LogP contribution in [0.15, 0.2) is 0 Å². The van der Waals surface area contributed by atoms with E-state index in [0.717, 1.165) is 5.00 Å². The van der Waals surface area contributed by atoms with Crippen molar-refractivity contribution < 1.29 is 4.79 Å². The number of carbonyl (C=O) groups is 1. The minimum Gasteiger partial charge on any atom is -0.396 e. The van der Waals surface area contributed by atoms with Crippen molar-refractivity contribution in [2.45, 2.75) is 6.92 Å². The number of nitriles is 1. The Morgan fingerprint density at radius 2 is 2.14 bits per heavy atom. The summed E-state index contributed by atoms with van der Waals surface area (Å²) in [4.78, 5) is 13.4. The lowest BCUT2D eigenvalue weighted by molar-refractivity contribution is 0.102. The number of hydrogen-bond acceptors (Lipinski definition) is 5. The van der Waals surface area contributed by atoms with Gasteiger partial charge in [0.05, 0.1) is 10.6 Å². The molecule has 0 unspecified atom stereocenters. The highest BCUT2D eigenvalue weighted by Crippen LogP contribution is 2.36. The summed E-state index contributed by atoms with van der Waals surface area (Å²) in [6.45, 7) is 1.45. The standard InChI is InChI=1S/C9H11N3OS/c1-5(13)8-7(11)6(4-10)9(14-8)12(2)3/h11H2,1-3H3. The number of nitrogen functional groups attached to an aromatic ring is 1. The number of thiophene rings is 1. The number of ketones is 1. The second-order valence-electron chi connectivity index (χ2n) is 3.09. The summed E-state index contributed by atoms with van der Waals surface area (Å²) in [5.74, 6) is -0.0999. The van der Waals surface area contributed by atoms with E-state index in [0.29, 0.717) is 16.1 Å². The fourth-order valence-electron chi connectivity index (χ4n) is 1.12. The average molecular weight is 209 g/mol.